The van der Waals surface area contributed by atoms with E-state index in [0.717, 1.165) is 59.7 Å². The van der Waals surface area contributed by atoms with E-state index in [0.29, 0.717) is 12.5 Å². The predicted molar refractivity (Wildman–Crippen MR) is 140 cm³/mol. The second-order valence-corrected chi connectivity index (χ2v) is 12.4. The zero-order valence-electron chi connectivity index (χ0n) is 21.4. The van der Waals surface area contributed by atoms with Gasteiger partial charge in [-0.15, -0.1) is 0 Å². The molecule has 1 unspecified atom stereocenters. The lowest BCUT2D eigenvalue weighted by Crippen LogP contribution is -2.43. The molecule has 1 aliphatic carbocycles. The van der Waals surface area contributed by atoms with Crippen LogP contribution in [0.2, 0.25) is 0 Å². The summed E-state index contributed by atoms with van der Waals surface area (Å²) in [6, 6.07) is 11.5. The van der Waals surface area contributed by atoms with Crippen molar-refractivity contribution in [2.24, 2.45) is 5.92 Å². The number of sulfonamides is 1. The first-order chi connectivity index (χ1) is 18.1. The number of hydrogen-bond acceptors (Lipinski definition) is 4. The average Bonchev–Trinajstić information content (AvgIpc) is 3.52. The molecule has 1 fully saturated rings. The third-order valence-electron chi connectivity index (χ3n) is 7.96. The van der Waals surface area contributed by atoms with Gasteiger partial charge in [-0.1, -0.05) is 43.9 Å². The number of hydrogen-bond donors (Lipinski definition) is 1. The van der Waals surface area contributed by atoms with E-state index in [2.05, 4.69) is 14.9 Å². The lowest BCUT2D eigenvalue weighted by molar-refractivity contribution is -0.137. The fourth-order valence-corrected chi connectivity index (χ4v) is 7.21. The molecule has 204 valence electrons. The highest BCUT2D eigenvalue weighted by Crippen LogP contribution is 2.36. The minimum atomic E-state index is -4.53. The number of aryl methyl sites for hydroxylation is 1. The standard InChI is InChI=1S/C28H33F3N4O2S/c1-20-26(33-19-32-20)18-35-24(13-10-21-6-2-3-7-21)17-34(16-22-8-4-5-9-27(22)35)38(36,37)25-14-11-23(12-15-25)28(29,30)31/h4-5,8-9,11-12,14-15,19,21,24H,2-3,6-7,10,13,16-18H2,1H3,(H,32,33). The Bertz CT molecular complexity index is 1350. The molecule has 1 aliphatic heterocycles. The van der Waals surface area contributed by atoms with Gasteiger partial charge in [0.15, 0.2) is 0 Å². The molecule has 0 bridgehead atoms. The molecule has 1 saturated carbocycles. The lowest BCUT2D eigenvalue weighted by Gasteiger charge is -2.34. The molecular weight excluding hydrogens is 513 g/mol. The second kappa shape index (κ2) is 10.7. The number of H-pyrrole nitrogens is 1. The van der Waals surface area contributed by atoms with E-state index in [1.54, 1.807) is 6.33 Å². The normalized spacial score (nSPS) is 19.5. The molecule has 6 nitrogen and oxygen atoms in total. The van der Waals surface area contributed by atoms with E-state index in [9.17, 15) is 21.6 Å². The van der Waals surface area contributed by atoms with Gasteiger partial charge in [-0.25, -0.2) is 13.4 Å². The molecule has 0 amide bonds. The number of fused-ring (bicyclic) bond motifs is 1. The average molecular weight is 547 g/mol. The fraction of sp³-hybridized carbons (Fsp3) is 0.464. The van der Waals surface area contributed by atoms with Crippen LogP contribution in [0.25, 0.3) is 0 Å². The summed E-state index contributed by atoms with van der Waals surface area (Å²) in [5.41, 5.74) is 2.84. The van der Waals surface area contributed by atoms with E-state index in [4.69, 9.17) is 0 Å². The number of imidazole rings is 1. The van der Waals surface area contributed by atoms with Crippen molar-refractivity contribution in [1.82, 2.24) is 14.3 Å². The summed E-state index contributed by atoms with van der Waals surface area (Å²) in [6.45, 7) is 2.90. The topological polar surface area (TPSA) is 69.3 Å². The van der Waals surface area contributed by atoms with Gasteiger partial charge < -0.3 is 9.88 Å². The predicted octanol–water partition coefficient (Wildman–Crippen LogP) is 6.29. The van der Waals surface area contributed by atoms with E-state index in [1.807, 2.05) is 31.2 Å². The number of para-hydroxylation sites is 1. The van der Waals surface area contributed by atoms with Crippen molar-refractivity contribution in [3.8, 4) is 0 Å². The maximum absolute atomic E-state index is 13.8. The molecule has 0 radical (unpaired) electrons. The summed E-state index contributed by atoms with van der Waals surface area (Å²) < 4.78 is 68.4. The van der Waals surface area contributed by atoms with Gasteiger partial charge in [-0.3, -0.25) is 0 Å². The Morgan fingerprint density at radius 1 is 1.03 bits per heavy atom. The molecule has 1 atom stereocenters. The van der Waals surface area contributed by atoms with Crippen LogP contribution in [-0.4, -0.2) is 35.3 Å². The molecule has 2 aliphatic rings. The number of halogens is 3. The Morgan fingerprint density at radius 2 is 1.74 bits per heavy atom. The molecule has 5 rings (SSSR count). The van der Waals surface area contributed by atoms with Gasteiger partial charge in [0.2, 0.25) is 10.0 Å². The van der Waals surface area contributed by atoms with Crippen molar-refractivity contribution in [2.45, 2.75) is 75.7 Å². The molecule has 38 heavy (non-hydrogen) atoms. The SMILES string of the molecule is Cc1[nH]cnc1CN1c2ccccc2CN(S(=O)(=O)c2ccc(C(F)(F)F)cc2)CC1CCC1CCCC1. The van der Waals surface area contributed by atoms with Crippen LogP contribution in [0.5, 0.6) is 0 Å². The highest BCUT2D eigenvalue weighted by Gasteiger charge is 2.36. The van der Waals surface area contributed by atoms with Crippen molar-refractivity contribution < 1.29 is 21.6 Å². The van der Waals surface area contributed by atoms with Crippen molar-refractivity contribution in [3.05, 3.63) is 77.4 Å². The van der Waals surface area contributed by atoms with Crippen LogP contribution >= 0.6 is 0 Å². The van der Waals surface area contributed by atoms with E-state index >= 15 is 0 Å². The third-order valence-corrected chi connectivity index (χ3v) is 9.79. The van der Waals surface area contributed by atoms with Gasteiger partial charge in [0.25, 0.3) is 0 Å². The summed E-state index contributed by atoms with van der Waals surface area (Å²) in [7, 11) is -4.04. The summed E-state index contributed by atoms with van der Waals surface area (Å²) in [5.74, 6) is 0.641. The summed E-state index contributed by atoms with van der Waals surface area (Å²) >= 11 is 0. The Kier molecular flexibility index (Phi) is 7.55. The van der Waals surface area contributed by atoms with Gasteiger partial charge in [0.1, 0.15) is 0 Å². The first kappa shape index (κ1) is 26.7. The van der Waals surface area contributed by atoms with Gasteiger partial charge in [-0.05, 0) is 61.6 Å². The van der Waals surface area contributed by atoms with Gasteiger partial charge in [-0.2, -0.15) is 17.5 Å². The van der Waals surface area contributed by atoms with Crippen molar-refractivity contribution in [3.63, 3.8) is 0 Å². The molecule has 1 aromatic heterocycles. The Morgan fingerprint density at radius 3 is 2.39 bits per heavy atom. The zero-order chi connectivity index (χ0) is 26.9. The number of aromatic amines is 1. The first-order valence-electron chi connectivity index (χ1n) is 13.1. The van der Waals surface area contributed by atoms with Crippen LogP contribution in [0, 0.1) is 12.8 Å². The van der Waals surface area contributed by atoms with Crippen LogP contribution in [0.15, 0.2) is 59.8 Å². The highest BCUT2D eigenvalue weighted by molar-refractivity contribution is 7.89. The van der Waals surface area contributed by atoms with Crippen molar-refractivity contribution >= 4 is 15.7 Å². The smallest absolute Gasteiger partial charge is 0.361 e. The molecule has 0 spiro atoms. The molecule has 0 saturated heterocycles. The van der Waals surface area contributed by atoms with E-state index < -0.39 is 21.8 Å². The second-order valence-electron chi connectivity index (χ2n) is 10.4. The number of anilines is 1. The van der Waals surface area contributed by atoms with Gasteiger partial charge in [0, 0.05) is 30.5 Å². The highest BCUT2D eigenvalue weighted by atomic mass is 32.2. The number of rotatable bonds is 7. The largest absolute Gasteiger partial charge is 0.416 e. The first-order valence-corrected chi connectivity index (χ1v) is 14.6. The summed E-state index contributed by atoms with van der Waals surface area (Å²) in [5, 5.41) is 0. The fourth-order valence-electron chi connectivity index (χ4n) is 5.75. The minimum absolute atomic E-state index is 0.112. The Hall–Kier alpha value is -2.85. The van der Waals surface area contributed by atoms with Crippen LogP contribution in [0.3, 0.4) is 0 Å². The molecular formula is C28H33F3N4O2S. The maximum Gasteiger partial charge on any atom is 0.416 e. The number of nitrogens with zero attached hydrogens (tertiary/aromatic N) is 3. The number of aromatic nitrogens is 2. The van der Waals surface area contributed by atoms with E-state index in [1.165, 1.54) is 30.0 Å². The zero-order valence-corrected chi connectivity index (χ0v) is 22.2. The molecule has 1 N–H and O–H groups in total. The summed E-state index contributed by atoms with van der Waals surface area (Å²) in [4.78, 5) is 9.79. The van der Waals surface area contributed by atoms with Gasteiger partial charge >= 0.3 is 6.18 Å². The molecule has 10 heteroatoms. The van der Waals surface area contributed by atoms with Crippen LogP contribution < -0.4 is 4.90 Å². The maximum atomic E-state index is 13.8. The van der Waals surface area contributed by atoms with E-state index in [-0.39, 0.29) is 24.0 Å². The number of benzene rings is 2. The third kappa shape index (κ3) is 5.61. The van der Waals surface area contributed by atoms with Crippen LogP contribution in [0.4, 0.5) is 18.9 Å². The quantitative estimate of drug-likeness (QED) is 0.378. The van der Waals surface area contributed by atoms with Crippen molar-refractivity contribution in [1.29, 1.82) is 0 Å². The number of alkyl halides is 3. The molecule has 3 aromatic rings. The molecule has 2 heterocycles. The minimum Gasteiger partial charge on any atom is -0.361 e. The monoisotopic (exact) mass is 546 g/mol. The van der Waals surface area contributed by atoms with Crippen molar-refractivity contribution in [2.75, 3.05) is 11.4 Å². The van der Waals surface area contributed by atoms with Crippen LogP contribution in [-0.2, 0) is 29.3 Å². The lowest BCUT2D eigenvalue weighted by atomic mass is 9.97. The number of nitrogens with one attached hydrogen (secondary N) is 1. The van der Waals surface area contributed by atoms with Crippen LogP contribution in [0.1, 0.15) is 61.0 Å². The molecule has 2 aromatic carbocycles. The van der Waals surface area contributed by atoms with Gasteiger partial charge in [0.05, 0.1) is 29.0 Å². The Labute approximate surface area is 221 Å². The Balaban J connectivity index is 1.50. The summed E-state index contributed by atoms with van der Waals surface area (Å²) in [6.07, 6.45) is 3.86.